The van der Waals surface area contributed by atoms with Crippen LogP contribution >= 0.6 is 0 Å². The summed E-state index contributed by atoms with van der Waals surface area (Å²) in [7, 11) is 0. The van der Waals surface area contributed by atoms with E-state index in [0.717, 1.165) is 11.3 Å². The topological polar surface area (TPSA) is 135 Å². The van der Waals surface area contributed by atoms with E-state index < -0.39 is 10.5 Å². The molecule has 0 saturated carbocycles. The van der Waals surface area contributed by atoms with E-state index in [2.05, 4.69) is 10.2 Å². The Balaban J connectivity index is 1.10. The molecule has 0 aromatic heterocycles. The minimum Gasteiger partial charge on any atom is -0.454 e. The van der Waals surface area contributed by atoms with Gasteiger partial charge in [-0.1, -0.05) is 24.3 Å². The zero-order chi connectivity index (χ0) is 30.7. The maximum Gasteiger partial charge on any atom is 0.269 e. The summed E-state index contributed by atoms with van der Waals surface area (Å²) in [5, 5.41) is 13.8. The fraction of sp³-hybridized carbons (Fsp3) is 0.281. The van der Waals surface area contributed by atoms with Gasteiger partial charge in [0.25, 0.3) is 11.6 Å². The Morgan fingerprint density at radius 3 is 2.43 bits per heavy atom. The highest BCUT2D eigenvalue weighted by Crippen LogP contribution is 2.39. The van der Waals surface area contributed by atoms with E-state index in [9.17, 15) is 24.5 Å². The summed E-state index contributed by atoms with van der Waals surface area (Å²) in [4.78, 5) is 55.7. The van der Waals surface area contributed by atoms with Crippen LogP contribution in [0.15, 0.2) is 78.9 Å². The number of rotatable bonds is 8. The number of nitro benzene ring substituents is 1. The smallest absolute Gasteiger partial charge is 0.269 e. The van der Waals surface area contributed by atoms with Crippen LogP contribution < -0.4 is 19.7 Å². The predicted octanol–water partition coefficient (Wildman–Crippen LogP) is 3.32. The molecule has 3 amide bonds. The van der Waals surface area contributed by atoms with Gasteiger partial charge in [-0.05, 0) is 66.4 Å². The summed E-state index contributed by atoms with van der Waals surface area (Å²) in [5.74, 6) is 0.703. The monoisotopic (exact) mass is 597 g/mol. The van der Waals surface area contributed by atoms with Gasteiger partial charge in [-0.25, -0.2) is 0 Å². The van der Waals surface area contributed by atoms with Gasteiger partial charge in [0.15, 0.2) is 11.5 Å². The highest BCUT2D eigenvalue weighted by molar-refractivity contribution is 5.97. The van der Waals surface area contributed by atoms with Crippen molar-refractivity contribution in [3.8, 4) is 11.5 Å². The van der Waals surface area contributed by atoms with Crippen LogP contribution in [0.4, 0.5) is 11.4 Å². The van der Waals surface area contributed by atoms with Gasteiger partial charge in [-0.3, -0.25) is 24.5 Å². The first kappa shape index (κ1) is 28.7. The lowest BCUT2D eigenvalue weighted by atomic mass is 9.85. The van der Waals surface area contributed by atoms with Gasteiger partial charge in [-0.15, -0.1) is 0 Å². The van der Waals surface area contributed by atoms with Crippen molar-refractivity contribution < 1.29 is 28.8 Å². The van der Waals surface area contributed by atoms with Gasteiger partial charge >= 0.3 is 0 Å². The number of carbonyl (C=O) groups excluding carboxylic acids is 3. The highest BCUT2D eigenvalue weighted by atomic mass is 16.7. The Morgan fingerprint density at radius 2 is 1.70 bits per heavy atom. The largest absolute Gasteiger partial charge is 0.454 e. The normalized spacial score (nSPS) is 17.0. The molecule has 0 atom stereocenters. The molecule has 12 nitrogen and oxygen atoms in total. The Kier molecular flexibility index (Phi) is 7.88. The number of piperidine rings is 1. The molecular formula is C32H31N5O7. The Bertz CT molecular complexity index is 1600. The van der Waals surface area contributed by atoms with E-state index in [1.54, 1.807) is 34.1 Å². The number of carbonyl (C=O) groups is 3. The molecule has 3 heterocycles. The number of likely N-dealkylation sites (tertiary alicyclic amines) is 1. The number of amides is 3. The van der Waals surface area contributed by atoms with Crippen LogP contribution in [-0.4, -0.2) is 71.1 Å². The van der Waals surface area contributed by atoms with Crippen LogP contribution in [0, 0.1) is 10.1 Å². The van der Waals surface area contributed by atoms with Crippen LogP contribution in [0.3, 0.4) is 0 Å². The number of nitrogens with one attached hydrogen (secondary N) is 1. The summed E-state index contributed by atoms with van der Waals surface area (Å²) < 4.78 is 10.7. The number of hydrogen-bond acceptors (Lipinski definition) is 8. The number of para-hydroxylation sites is 1. The first-order valence-corrected chi connectivity index (χ1v) is 14.3. The summed E-state index contributed by atoms with van der Waals surface area (Å²) in [5.41, 5.74) is 1.51. The molecule has 3 aliphatic rings. The quantitative estimate of drug-likeness (QED) is 0.238. The SMILES string of the molecule is O=C(CN1CN(c2ccccc2)C2(CCN(C(=O)C=Cc3ccc([N+](=O)[O-])cc3)CC2)C1=O)NCc1ccc2c(c1)OCO2. The van der Waals surface area contributed by atoms with Crippen molar-refractivity contribution >= 4 is 35.2 Å². The van der Waals surface area contributed by atoms with Crippen LogP contribution in [0.1, 0.15) is 24.0 Å². The van der Waals surface area contributed by atoms with Crippen LogP contribution in [0.5, 0.6) is 11.5 Å². The number of benzene rings is 3. The highest BCUT2D eigenvalue weighted by Gasteiger charge is 2.54. The first-order valence-electron chi connectivity index (χ1n) is 14.3. The molecule has 2 fully saturated rings. The minimum atomic E-state index is -0.877. The van der Waals surface area contributed by atoms with E-state index in [-0.39, 0.29) is 50.0 Å². The second-order valence-electron chi connectivity index (χ2n) is 10.9. The standard InChI is InChI=1S/C32H31N5O7/c38-29(33-19-24-8-12-27-28(18-24)44-22-43-27)20-35-21-36(25-4-2-1-3-5-25)32(31(35)40)14-16-34(17-15-32)30(39)13-9-23-6-10-26(11-7-23)37(41)42/h1-13,18H,14-17,19-22H2,(H,33,38). The number of anilines is 1. The maximum absolute atomic E-state index is 14.0. The van der Waals surface area contributed by atoms with Gasteiger partial charge < -0.3 is 29.5 Å². The molecule has 12 heteroatoms. The second kappa shape index (κ2) is 12.1. The fourth-order valence-corrected chi connectivity index (χ4v) is 5.88. The lowest BCUT2D eigenvalue weighted by Crippen LogP contribution is -2.57. The van der Waals surface area contributed by atoms with Crippen molar-refractivity contribution in [2.75, 3.05) is 38.0 Å². The lowest BCUT2D eigenvalue weighted by Gasteiger charge is -2.43. The summed E-state index contributed by atoms with van der Waals surface area (Å²) >= 11 is 0. The minimum absolute atomic E-state index is 0.0183. The molecule has 6 rings (SSSR count). The van der Waals surface area contributed by atoms with E-state index in [0.29, 0.717) is 43.0 Å². The Labute approximate surface area is 253 Å². The van der Waals surface area contributed by atoms with E-state index in [4.69, 9.17) is 9.47 Å². The third kappa shape index (κ3) is 5.78. The number of nitrogens with zero attached hydrogens (tertiary/aromatic N) is 4. The molecule has 0 aliphatic carbocycles. The Hall–Kier alpha value is -5.39. The predicted molar refractivity (Wildman–Crippen MR) is 161 cm³/mol. The van der Waals surface area contributed by atoms with E-state index >= 15 is 0 Å². The van der Waals surface area contributed by atoms with Crippen molar-refractivity contribution in [3.05, 3.63) is 100 Å². The molecule has 1 N–H and O–H groups in total. The number of non-ortho nitro benzene ring substituents is 1. The maximum atomic E-state index is 14.0. The first-order chi connectivity index (χ1) is 21.3. The van der Waals surface area contributed by atoms with Crippen molar-refractivity contribution in [1.29, 1.82) is 0 Å². The molecule has 3 aromatic carbocycles. The van der Waals surface area contributed by atoms with E-state index in [1.807, 2.05) is 42.5 Å². The van der Waals surface area contributed by atoms with Crippen LogP contribution in [-0.2, 0) is 20.9 Å². The second-order valence-corrected chi connectivity index (χ2v) is 10.9. The third-order valence-electron chi connectivity index (χ3n) is 8.27. The Morgan fingerprint density at radius 1 is 0.977 bits per heavy atom. The van der Waals surface area contributed by atoms with Gasteiger partial charge in [-0.2, -0.15) is 0 Å². The summed E-state index contributed by atoms with van der Waals surface area (Å²) in [6.45, 7) is 1.36. The van der Waals surface area contributed by atoms with Crippen molar-refractivity contribution in [2.45, 2.75) is 24.9 Å². The molecule has 226 valence electrons. The zero-order valence-corrected chi connectivity index (χ0v) is 23.9. The van der Waals surface area contributed by atoms with Gasteiger partial charge in [0.2, 0.25) is 18.6 Å². The van der Waals surface area contributed by atoms with Gasteiger partial charge in [0, 0.05) is 43.5 Å². The average molecular weight is 598 g/mol. The molecular weight excluding hydrogens is 566 g/mol. The zero-order valence-electron chi connectivity index (χ0n) is 23.9. The molecule has 0 unspecified atom stereocenters. The number of ether oxygens (including phenoxy) is 2. The number of nitro groups is 1. The molecule has 0 radical (unpaired) electrons. The molecule has 3 aliphatic heterocycles. The number of fused-ring (bicyclic) bond motifs is 1. The summed E-state index contributed by atoms with van der Waals surface area (Å²) in [6.07, 6.45) is 3.89. The third-order valence-corrected chi connectivity index (χ3v) is 8.27. The molecule has 3 aromatic rings. The lowest BCUT2D eigenvalue weighted by molar-refractivity contribution is -0.384. The van der Waals surface area contributed by atoms with Gasteiger partial charge in [0.05, 0.1) is 11.6 Å². The summed E-state index contributed by atoms with van der Waals surface area (Å²) in [6, 6.07) is 21.1. The molecule has 0 bridgehead atoms. The van der Waals surface area contributed by atoms with E-state index in [1.165, 1.54) is 18.2 Å². The molecule has 44 heavy (non-hydrogen) atoms. The number of hydrogen-bond donors (Lipinski definition) is 1. The molecule has 2 saturated heterocycles. The molecule has 1 spiro atoms. The fourth-order valence-electron chi connectivity index (χ4n) is 5.88. The van der Waals surface area contributed by atoms with Crippen LogP contribution in [0.2, 0.25) is 0 Å². The van der Waals surface area contributed by atoms with Gasteiger partial charge in [0.1, 0.15) is 12.1 Å². The van der Waals surface area contributed by atoms with Crippen molar-refractivity contribution in [2.24, 2.45) is 0 Å². The van der Waals surface area contributed by atoms with Crippen molar-refractivity contribution in [1.82, 2.24) is 15.1 Å². The average Bonchev–Trinajstić information content (AvgIpc) is 3.62. The van der Waals surface area contributed by atoms with Crippen molar-refractivity contribution in [3.63, 3.8) is 0 Å². The van der Waals surface area contributed by atoms with Crippen LogP contribution in [0.25, 0.3) is 6.08 Å².